The fraction of sp³-hybridized carbons (Fsp3) is 0.222. The minimum atomic E-state index is -0.851. The number of fused-ring (bicyclic) bond motifs is 1. The number of aromatic nitrogens is 3. The second-order valence-electron chi connectivity index (χ2n) is 5.78. The number of aryl methyl sites for hydroxylation is 1. The number of para-hydroxylation sites is 1. The van der Waals surface area contributed by atoms with Crippen molar-refractivity contribution in [2.75, 3.05) is 7.11 Å². The number of hydrogen-bond donors (Lipinski definition) is 2. The van der Waals surface area contributed by atoms with Crippen LogP contribution in [0.15, 0.2) is 36.8 Å². The van der Waals surface area contributed by atoms with E-state index in [1.165, 1.54) is 13.4 Å². The van der Waals surface area contributed by atoms with Crippen molar-refractivity contribution < 1.29 is 14.3 Å². The van der Waals surface area contributed by atoms with Crippen molar-refractivity contribution in [1.82, 2.24) is 20.3 Å². The monoisotopic (exact) mass is 372 g/mol. The number of benzene rings is 1. The Labute approximate surface area is 154 Å². The van der Waals surface area contributed by atoms with Crippen LogP contribution in [-0.4, -0.2) is 40.0 Å². The zero-order valence-corrected chi connectivity index (χ0v) is 15.0. The van der Waals surface area contributed by atoms with Crippen molar-refractivity contribution in [3.8, 4) is 0 Å². The first kappa shape index (κ1) is 17.9. The SMILES string of the molecule is COC(=O)[C@H](Cc1cnc[nH]1)NC(=O)c1cc(C)nc2c(Cl)cccc12. The summed E-state index contributed by atoms with van der Waals surface area (Å²) in [6, 6.07) is 6.05. The fourth-order valence-corrected chi connectivity index (χ4v) is 2.93. The van der Waals surface area contributed by atoms with Crippen LogP contribution in [-0.2, 0) is 16.0 Å². The van der Waals surface area contributed by atoms with Gasteiger partial charge in [-0.05, 0) is 19.1 Å². The number of methoxy groups -OCH3 is 1. The van der Waals surface area contributed by atoms with Crippen molar-refractivity contribution in [1.29, 1.82) is 0 Å². The largest absolute Gasteiger partial charge is 0.467 e. The number of carbonyl (C=O) groups is 2. The van der Waals surface area contributed by atoms with Gasteiger partial charge in [0.15, 0.2) is 0 Å². The van der Waals surface area contributed by atoms with Gasteiger partial charge in [-0.15, -0.1) is 0 Å². The summed E-state index contributed by atoms with van der Waals surface area (Å²) in [6.45, 7) is 1.78. The molecule has 0 aliphatic rings. The van der Waals surface area contributed by atoms with Crippen LogP contribution < -0.4 is 5.32 Å². The summed E-state index contributed by atoms with van der Waals surface area (Å²) < 4.78 is 4.81. The van der Waals surface area contributed by atoms with Crippen molar-refractivity contribution in [2.45, 2.75) is 19.4 Å². The first-order valence-corrected chi connectivity index (χ1v) is 8.29. The van der Waals surface area contributed by atoms with Crippen LogP contribution >= 0.6 is 11.6 Å². The maximum absolute atomic E-state index is 12.9. The van der Waals surface area contributed by atoms with Gasteiger partial charge in [0, 0.05) is 29.4 Å². The molecule has 26 heavy (non-hydrogen) atoms. The number of carbonyl (C=O) groups excluding carboxylic acids is 2. The lowest BCUT2D eigenvalue weighted by Crippen LogP contribution is -2.43. The van der Waals surface area contributed by atoms with Gasteiger partial charge in [-0.25, -0.2) is 9.78 Å². The van der Waals surface area contributed by atoms with E-state index in [0.29, 0.717) is 32.9 Å². The van der Waals surface area contributed by atoms with Gasteiger partial charge in [0.05, 0.1) is 29.5 Å². The number of esters is 1. The van der Waals surface area contributed by atoms with Gasteiger partial charge in [-0.1, -0.05) is 23.7 Å². The number of aromatic amines is 1. The molecule has 2 heterocycles. The van der Waals surface area contributed by atoms with Crippen molar-refractivity contribution >= 4 is 34.4 Å². The Morgan fingerprint density at radius 1 is 1.38 bits per heavy atom. The van der Waals surface area contributed by atoms with Gasteiger partial charge in [0.25, 0.3) is 5.91 Å². The van der Waals surface area contributed by atoms with E-state index >= 15 is 0 Å². The third-order valence-corrected chi connectivity index (χ3v) is 4.24. The number of halogens is 1. The number of imidazole rings is 1. The van der Waals surface area contributed by atoms with Crippen molar-refractivity contribution in [3.63, 3.8) is 0 Å². The molecule has 3 rings (SSSR count). The number of pyridine rings is 1. The second kappa shape index (κ2) is 7.53. The van der Waals surface area contributed by atoms with Gasteiger partial charge in [0.2, 0.25) is 0 Å². The predicted octanol–water partition coefficient (Wildman–Crippen LogP) is 2.43. The van der Waals surface area contributed by atoms with Crippen LogP contribution in [0.25, 0.3) is 10.9 Å². The quantitative estimate of drug-likeness (QED) is 0.670. The van der Waals surface area contributed by atoms with Gasteiger partial charge in [0.1, 0.15) is 6.04 Å². The first-order chi connectivity index (χ1) is 12.5. The summed E-state index contributed by atoms with van der Waals surface area (Å²) >= 11 is 6.20. The molecule has 0 saturated heterocycles. The zero-order valence-electron chi connectivity index (χ0n) is 14.2. The maximum Gasteiger partial charge on any atom is 0.328 e. The maximum atomic E-state index is 12.9. The standard InChI is InChI=1S/C18H17ClN4O3/c1-10-6-13(12-4-3-5-14(19)16(12)22-10)17(24)23-15(18(25)26-2)7-11-8-20-9-21-11/h3-6,8-9,15H,7H2,1-2H3,(H,20,21)(H,23,24)/t15-/m0/s1. The number of nitrogens with zero attached hydrogens (tertiary/aromatic N) is 2. The van der Waals surface area contributed by atoms with E-state index in [0.717, 1.165) is 0 Å². The molecule has 0 bridgehead atoms. The highest BCUT2D eigenvalue weighted by atomic mass is 35.5. The molecule has 0 aliphatic heterocycles. The Balaban J connectivity index is 1.93. The number of nitrogens with one attached hydrogen (secondary N) is 2. The molecule has 0 radical (unpaired) electrons. The lowest BCUT2D eigenvalue weighted by Gasteiger charge is -2.17. The fourth-order valence-electron chi connectivity index (χ4n) is 2.72. The molecule has 0 unspecified atom stereocenters. The van der Waals surface area contributed by atoms with Gasteiger partial charge >= 0.3 is 5.97 Å². The lowest BCUT2D eigenvalue weighted by atomic mass is 10.1. The molecule has 0 spiro atoms. The molecule has 0 saturated carbocycles. The van der Waals surface area contributed by atoms with Crippen LogP contribution in [0.2, 0.25) is 5.02 Å². The number of hydrogen-bond acceptors (Lipinski definition) is 5. The third kappa shape index (κ3) is 3.67. The molecule has 1 amide bonds. The van der Waals surface area contributed by atoms with Crippen LogP contribution in [0.5, 0.6) is 0 Å². The van der Waals surface area contributed by atoms with Gasteiger partial charge in [-0.3, -0.25) is 9.78 Å². The Kier molecular flexibility index (Phi) is 5.18. The van der Waals surface area contributed by atoms with E-state index in [2.05, 4.69) is 20.3 Å². The molecule has 3 aromatic rings. The molecule has 2 aromatic heterocycles. The molecule has 2 N–H and O–H groups in total. The second-order valence-corrected chi connectivity index (χ2v) is 6.18. The average Bonchev–Trinajstić information content (AvgIpc) is 3.13. The van der Waals surface area contributed by atoms with Crippen LogP contribution in [0.3, 0.4) is 0 Å². The molecule has 8 heteroatoms. The molecule has 0 fully saturated rings. The number of amides is 1. The summed E-state index contributed by atoms with van der Waals surface area (Å²) in [7, 11) is 1.28. The predicted molar refractivity (Wildman–Crippen MR) is 97.1 cm³/mol. The summed E-state index contributed by atoms with van der Waals surface area (Å²) in [5.74, 6) is -0.946. The first-order valence-electron chi connectivity index (χ1n) is 7.91. The molecule has 0 aliphatic carbocycles. The van der Waals surface area contributed by atoms with E-state index in [1.807, 2.05) is 0 Å². The Hall–Kier alpha value is -2.93. The van der Waals surface area contributed by atoms with Crippen molar-refractivity contribution in [2.24, 2.45) is 0 Å². The Morgan fingerprint density at radius 2 is 2.19 bits per heavy atom. The molecular weight excluding hydrogens is 356 g/mol. The molecule has 1 atom stereocenters. The summed E-state index contributed by atoms with van der Waals surface area (Å²) in [5.41, 5.74) is 2.30. The van der Waals surface area contributed by atoms with Crippen LogP contribution in [0.1, 0.15) is 21.7 Å². The topological polar surface area (TPSA) is 97.0 Å². The minimum Gasteiger partial charge on any atom is -0.467 e. The van der Waals surface area contributed by atoms with Crippen molar-refractivity contribution in [3.05, 3.63) is 58.8 Å². The molecular formula is C18H17ClN4O3. The van der Waals surface area contributed by atoms with Gasteiger partial charge < -0.3 is 15.0 Å². The molecule has 134 valence electrons. The third-order valence-electron chi connectivity index (χ3n) is 3.93. The zero-order chi connectivity index (χ0) is 18.7. The lowest BCUT2D eigenvalue weighted by molar-refractivity contribution is -0.142. The van der Waals surface area contributed by atoms with E-state index in [1.54, 1.807) is 37.4 Å². The highest BCUT2D eigenvalue weighted by molar-refractivity contribution is 6.35. The smallest absolute Gasteiger partial charge is 0.328 e. The Morgan fingerprint density at radius 3 is 2.88 bits per heavy atom. The van der Waals surface area contributed by atoms with Crippen LogP contribution in [0.4, 0.5) is 0 Å². The summed E-state index contributed by atoms with van der Waals surface area (Å²) in [5, 5.41) is 3.81. The highest BCUT2D eigenvalue weighted by Crippen LogP contribution is 2.25. The summed E-state index contributed by atoms with van der Waals surface area (Å²) in [4.78, 5) is 36.2. The van der Waals surface area contributed by atoms with E-state index in [-0.39, 0.29) is 6.42 Å². The number of rotatable bonds is 5. The van der Waals surface area contributed by atoms with Crippen LogP contribution in [0, 0.1) is 6.92 Å². The average molecular weight is 373 g/mol. The van der Waals surface area contributed by atoms with E-state index in [4.69, 9.17) is 16.3 Å². The number of ether oxygens (including phenoxy) is 1. The van der Waals surface area contributed by atoms with E-state index in [9.17, 15) is 9.59 Å². The molecule has 7 nitrogen and oxygen atoms in total. The summed E-state index contributed by atoms with van der Waals surface area (Å²) in [6.07, 6.45) is 3.34. The number of H-pyrrole nitrogens is 1. The van der Waals surface area contributed by atoms with Gasteiger partial charge in [-0.2, -0.15) is 0 Å². The highest BCUT2D eigenvalue weighted by Gasteiger charge is 2.24. The Bertz CT molecular complexity index is 956. The normalized spacial score (nSPS) is 12.0. The minimum absolute atomic E-state index is 0.237. The van der Waals surface area contributed by atoms with E-state index < -0.39 is 17.9 Å². The molecule has 1 aromatic carbocycles.